The van der Waals surface area contributed by atoms with Crippen LogP contribution in [0.25, 0.3) is 0 Å². The smallest absolute Gasteiger partial charge is 0.119 e. The van der Waals surface area contributed by atoms with Crippen LogP contribution in [-0.4, -0.2) is 16.9 Å². The molecule has 0 aliphatic rings. The second-order valence-electron chi connectivity index (χ2n) is 4.78. The molecule has 102 valence electrons. The Kier molecular flexibility index (Phi) is 4.22. The molecule has 0 spiro atoms. The van der Waals surface area contributed by atoms with Gasteiger partial charge in [-0.15, -0.1) is 0 Å². The normalized spacial score (nSPS) is 12.4. The Morgan fingerprint density at radius 1 is 1.37 bits per heavy atom. The summed E-state index contributed by atoms with van der Waals surface area (Å²) in [5.41, 5.74) is 3.46. The van der Waals surface area contributed by atoms with Crippen molar-refractivity contribution in [3.63, 3.8) is 0 Å². The Balaban J connectivity index is 2.00. The molecule has 0 aliphatic heterocycles. The molecule has 0 aliphatic carbocycles. The maximum absolute atomic E-state index is 5.25. The summed E-state index contributed by atoms with van der Waals surface area (Å²) in [6.07, 6.45) is 0. The number of nitrogens with zero attached hydrogens (tertiary/aromatic N) is 2. The third-order valence-corrected chi connectivity index (χ3v) is 3.28. The summed E-state index contributed by atoms with van der Waals surface area (Å²) >= 11 is 0. The first kappa shape index (κ1) is 13.6. The number of aromatic nitrogens is 2. The minimum Gasteiger partial charge on any atom is -0.497 e. The van der Waals surface area contributed by atoms with Gasteiger partial charge in [-0.05, 0) is 37.6 Å². The van der Waals surface area contributed by atoms with Crippen molar-refractivity contribution in [1.29, 1.82) is 0 Å². The van der Waals surface area contributed by atoms with E-state index in [0.717, 1.165) is 18.0 Å². The summed E-state index contributed by atoms with van der Waals surface area (Å²) in [5, 5.41) is 7.85. The van der Waals surface area contributed by atoms with E-state index in [0.29, 0.717) is 0 Å². The SMILES string of the molecule is COc1cccc([C@H](C)NCc2cc(C)nn2C)c1. The van der Waals surface area contributed by atoms with Gasteiger partial charge in [0.1, 0.15) is 5.75 Å². The molecule has 1 aromatic carbocycles. The molecular formula is C15H21N3O. The van der Waals surface area contributed by atoms with Gasteiger partial charge in [-0.1, -0.05) is 12.1 Å². The van der Waals surface area contributed by atoms with Gasteiger partial charge in [-0.25, -0.2) is 0 Å². The van der Waals surface area contributed by atoms with Crippen molar-refractivity contribution in [1.82, 2.24) is 15.1 Å². The molecule has 2 aromatic rings. The molecule has 4 nitrogen and oxygen atoms in total. The second-order valence-corrected chi connectivity index (χ2v) is 4.78. The van der Waals surface area contributed by atoms with Crippen LogP contribution in [0.1, 0.15) is 29.9 Å². The Morgan fingerprint density at radius 3 is 2.79 bits per heavy atom. The molecule has 0 radical (unpaired) electrons. The lowest BCUT2D eigenvalue weighted by molar-refractivity contribution is 0.413. The van der Waals surface area contributed by atoms with Gasteiger partial charge < -0.3 is 10.1 Å². The van der Waals surface area contributed by atoms with Crippen molar-refractivity contribution in [2.75, 3.05) is 7.11 Å². The molecule has 1 aromatic heterocycles. The minimum absolute atomic E-state index is 0.269. The molecule has 1 atom stereocenters. The molecule has 1 heterocycles. The summed E-state index contributed by atoms with van der Waals surface area (Å²) in [4.78, 5) is 0. The number of hydrogen-bond acceptors (Lipinski definition) is 3. The fraction of sp³-hybridized carbons (Fsp3) is 0.400. The van der Waals surface area contributed by atoms with Gasteiger partial charge in [0.2, 0.25) is 0 Å². The van der Waals surface area contributed by atoms with Crippen molar-refractivity contribution < 1.29 is 4.74 Å². The van der Waals surface area contributed by atoms with Crippen molar-refractivity contribution in [3.8, 4) is 5.75 Å². The van der Waals surface area contributed by atoms with E-state index in [1.807, 2.05) is 30.8 Å². The number of ether oxygens (including phenoxy) is 1. The third kappa shape index (κ3) is 3.35. The molecule has 19 heavy (non-hydrogen) atoms. The average molecular weight is 259 g/mol. The summed E-state index contributed by atoms with van der Waals surface area (Å²) in [6, 6.07) is 10.5. The maximum atomic E-state index is 5.25. The van der Waals surface area contributed by atoms with Crippen molar-refractivity contribution in [2.24, 2.45) is 7.05 Å². The lowest BCUT2D eigenvalue weighted by atomic mass is 10.1. The topological polar surface area (TPSA) is 39.1 Å². The minimum atomic E-state index is 0.269. The van der Waals surface area contributed by atoms with Crippen LogP contribution in [0.4, 0.5) is 0 Å². The average Bonchev–Trinajstić information content (AvgIpc) is 2.74. The van der Waals surface area contributed by atoms with E-state index in [1.165, 1.54) is 11.3 Å². The second kappa shape index (κ2) is 5.89. The van der Waals surface area contributed by atoms with Gasteiger partial charge in [-0.3, -0.25) is 4.68 Å². The summed E-state index contributed by atoms with van der Waals surface area (Å²) in [5.74, 6) is 0.891. The van der Waals surface area contributed by atoms with Crippen LogP contribution < -0.4 is 10.1 Å². The fourth-order valence-corrected chi connectivity index (χ4v) is 2.12. The number of nitrogens with one attached hydrogen (secondary N) is 1. The lowest BCUT2D eigenvalue weighted by Gasteiger charge is -2.15. The molecule has 2 rings (SSSR count). The molecule has 0 saturated carbocycles. The Bertz CT molecular complexity index is 548. The third-order valence-electron chi connectivity index (χ3n) is 3.28. The van der Waals surface area contributed by atoms with E-state index in [-0.39, 0.29) is 6.04 Å². The van der Waals surface area contributed by atoms with Crippen LogP contribution in [0.2, 0.25) is 0 Å². The Hall–Kier alpha value is -1.81. The van der Waals surface area contributed by atoms with Gasteiger partial charge in [0.15, 0.2) is 0 Å². The predicted octanol–water partition coefficient (Wildman–Crippen LogP) is 2.59. The van der Waals surface area contributed by atoms with E-state index in [2.05, 4.69) is 35.5 Å². The van der Waals surface area contributed by atoms with E-state index in [1.54, 1.807) is 7.11 Å². The van der Waals surface area contributed by atoms with Crippen LogP contribution in [0.15, 0.2) is 30.3 Å². The van der Waals surface area contributed by atoms with Crippen LogP contribution in [0.5, 0.6) is 5.75 Å². The van der Waals surface area contributed by atoms with Crippen LogP contribution in [0, 0.1) is 6.92 Å². The zero-order chi connectivity index (χ0) is 13.8. The van der Waals surface area contributed by atoms with Gasteiger partial charge in [0, 0.05) is 19.6 Å². The number of aryl methyl sites for hydroxylation is 2. The Labute approximate surface area is 114 Å². The van der Waals surface area contributed by atoms with Crippen molar-refractivity contribution >= 4 is 0 Å². The largest absolute Gasteiger partial charge is 0.497 e. The zero-order valence-corrected chi connectivity index (χ0v) is 12.0. The van der Waals surface area contributed by atoms with Gasteiger partial charge in [0.25, 0.3) is 0 Å². The predicted molar refractivity (Wildman–Crippen MR) is 76.2 cm³/mol. The van der Waals surface area contributed by atoms with Crippen LogP contribution >= 0.6 is 0 Å². The highest BCUT2D eigenvalue weighted by atomic mass is 16.5. The van der Waals surface area contributed by atoms with E-state index in [4.69, 9.17) is 4.74 Å². The monoisotopic (exact) mass is 259 g/mol. The van der Waals surface area contributed by atoms with Gasteiger partial charge in [-0.2, -0.15) is 5.10 Å². The van der Waals surface area contributed by atoms with Crippen LogP contribution in [0.3, 0.4) is 0 Å². The van der Waals surface area contributed by atoms with Gasteiger partial charge in [0.05, 0.1) is 18.5 Å². The molecule has 0 fully saturated rings. The quantitative estimate of drug-likeness (QED) is 0.897. The van der Waals surface area contributed by atoms with Crippen molar-refractivity contribution in [3.05, 3.63) is 47.3 Å². The first-order valence-corrected chi connectivity index (χ1v) is 6.47. The van der Waals surface area contributed by atoms with Gasteiger partial charge >= 0.3 is 0 Å². The number of rotatable bonds is 5. The first-order valence-electron chi connectivity index (χ1n) is 6.47. The van der Waals surface area contributed by atoms with Crippen LogP contribution in [-0.2, 0) is 13.6 Å². The Morgan fingerprint density at radius 2 is 2.16 bits per heavy atom. The highest BCUT2D eigenvalue weighted by molar-refractivity contribution is 5.30. The fourth-order valence-electron chi connectivity index (χ4n) is 2.12. The number of hydrogen-bond donors (Lipinski definition) is 1. The first-order chi connectivity index (χ1) is 9.10. The zero-order valence-electron chi connectivity index (χ0n) is 12.0. The summed E-state index contributed by atoms with van der Waals surface area (Å²) in [6.45, 7) is 4.96. The highest BCUT2D eigenvalue weighted by Crippen LogP contribution is 2.19. The molecule has 0 bridgehead atoms. The number of benzene rings is 1. The molecule has 0 unspecified atom stereocenters. The van der Waals surface area contributed by atoms with E-state index >= 15 is 0 Å². The molecule has 4 heteroatoms. The molecule has 1 N–H and O–H groups in total. The highest BCUT2D eigenvalue weighted by Gasteiger charge is 2.08. The summed E-state index contributed by atoms with van der Waals surface area (Å²) in [7, 11) is 3.66. The standard InChI is InChI=1S/C15H21N3O/c1-11-8-14(18(3)17-11)10-16-12(2)13-6-5-7-15(9-13)19-4/h5-9,12,16H,10H2,1-4H3/t12-/m0/s1. The van der Waals surface area contributed by atoms with Crippen molar-refractivity contribution in [2.45, 2.75) is 26.4 Å². The lowest BCUT2D eigenvalue weighted by Crippen LogP contribution is -2.19. The molecule has 0 amide bonds. The molecular weight excluding hydrogens is 238 g/mol. The summed E-state index contributed by atoms with van der Waals surface area (Å²) < 4.78 is 7.17. The number of methoxy groups -OCH3 is 1. The molecule has 0 saturated heterocycles. The van der Waals surface area contributed by atoms with E-state index < -0.39 is 0 Å². The maximum Gasteiger partial charge on any atom is 0.119 e. The van der Waals surface area contributed by atoms with E-state index in [9.17, 15) is 0 Å².